The first kappa shape index (κ1) is 17.7. The Hall–Kier alpha value is -1.36. The maximum Gasteiger partial charge on any atom is 0.326 e. The molecular formula is C16H29N3O2. The number of nitrogens with one attached hydrogen (secondary N) is 1. The molecule has 0 aliphatic heterocycles. The molecule has 0 aliphatic carbocycles. The number of hydrogen-bond donors (Lipinski definition) is 1. The summed E-state index contributed by atoms with van der Waals surface area (Å²) < 4.78 is 7.20. The van der Waals surface area contributed by atoms with Gasteiger partial charge in [-0.1, -0.05) is 6.92 Å². The number of aromatic nitrogens is 2. The van der Waals surface area contributed by atoms with E-state index in [4.69, 9.17) is 4.74 Å². The van der Waals surface area contributed by atoms with Gasteiger partial charge < -0.3 is 10.1 Å². The Bertz CT molecular complexity index is 482. The average Bonchev–Trinajstić information content (AvgIpc) is 2.70. The van der Waals surface area contributed by atoms with Crippen LogP contribution in [-0.2, 0) is 16.1 Å². The molecule has 5 heteroatoms. The van der Waals surface area contributed by atoms with Gasteiger partial charge in [-0.2, -0.15) is 5.10 Å². The molecule has 120 valence electrons. The van der Waals surface area contributed by atoms with Crippen molar-refractivity contribution in [2.75, 3.05) is 13.2 Å². The van der Waals surface area contributed by atoms with Gasteiger partial charge in [0.15, 0.2) is 0 Å². The number of nitrogens with zero attached hydrogens (tertiary/aromatic N) is 2. The molecule has 0 saturated heterocycles. The molecule has 0 amide bonds. The van der Waals surface area contributed by atoms with Gasteiger partial charge in [0.1, 0.15) is 5.54 Å². The molecule has 0 aromatic carbocycles. The van der Waals surface area contributed by atoms with Crippen LogP contribution < -0.4 is 5.32 Å². The molecular weight excluding hydrogens is 266 g/mol. The zero-order valence-corrected chi connectivity index (χ0v) is 14.2. The number of carbonyl (C=O) groups is 1. The van der Waals surface area contributed by atoms with Crippen molar-refractivity contribution in [3.05, 3.63) is 17.0 Å². The number of hydrogen-bond acceptors (Lipinski definition) is 4. The summed E-state index contributed by atoms with van der Waals surface area (Å²) in [5.74, 6) is -0.184. The van der Waals surface area contributed by atoms with E-state index in [1.54, 1.807) is 0 Å². The highest BCUT2D eigenvalue weighted by Gasteiger charge is 2.34. The summed E-state index contributed by atoms with van der Waals surface area (Å²) in [7, 11) is 0. The molecule has 5 nitrogen and oxygen atoms in total. The fourth-order valence-corrected chi connectivity index (χ4v) is 2.29. The molecule has 0 saturated carbocycles. The fourth-order valence-electron chi connectivity index (χ4n) is 2.29. The van der Waals surface area contributed by atoms with Crippen LogP contribution in [0.15, 0.2) is 0 Å². The van der Waals surface area contributed by atoms with E-state index in [1.165, 1.54) is 5.56 Å². The lowest BCUT2D eigenvalue weighted by atomic mass is 9.97. The summed E-state index contributed by atoms with van der Waals surface area (Å²) in [5.41, 5.74) is 2.77. The minimum absolute atomic E-state index is 0.184. The molecule has 0 radical (unpaired) electrons. The third kappa shape index (κ3) is 4.30. The lowest BCUT2D eigenvalue weighted by Gasteiger charge is -2.28. The number of rotatable bonds is 8. The van der Waals surface area contributed by atoms with Crippen molar-refractivity contribution in [2.24, 2.45) is 0 Å². The lowest BCUT2D eigenvalue weighted by Crippen LogP contribution is -2.51. The van der Waals surface area contributed by atoms with Crippen molar-refractivity contribution in [3.63, 3.8) is 0 Å². The molecule has 1 rings (SSSR count). The molecule has 0 aliphatic rings. The van der Waals surface area contributed by atoms with Crippen molar-refractivity contribution in [1.82, 2.24) is 15.1 Å². The lowest BCUT2D eigenvalue weighted by molar-refractivity contribution is -0.151. The van der Waals surface area contributed by atoms with E-state index in [0.717, 1.165) is 24.4 Å². The standard InChI is InChI=1S/C16H29N3O2/c1-7-10-17-16(6,15(20)21-8-2)9-11-19-14(5)12(3)13(4)18-19/h17H,7-11H2,1-6H3. The Kier molecular flexibility index (Phi) is 6.40. The highest BCUT2D eigenvalue weighted by molar-refractivity contribution is 5.80. The summed E-state index contributed by atoms with van der Waals surface area (Å²) in [6.07, 6.45) is 1.64. The van der Waals surface area contributed by atoms with Crippen LogP contribution in [0.5, 0.6) is 0 Å². The van der Waals surface area contributed by atoms with Crippen molar-refractivity contribution in [2.45, 2.75) is 66.5 Å². The predicted octanol–water partition coefficient (Wildman–Crippen LogP) is 2.52. The third-order valence-corrected chi connectivity index (χ3v) is 4.06. The van der Waals surface area contributed by atoms with Crippen LogP contribution in [0.2, 0.25) is 0 Å². The Morgan fingerprint density at radius 2 is 2.00 bits per heavy atom. The van der Waals surface area contributed by atoms with Gasteiger partial charge in [0, 0.05) is 12.2 Å². The maximum atomic E-state index is 12.2. The van der Waals surface area contributed by atoms with E-state index >= 15 is 0 Å². The van der Waals surface area contributed by atoms with Gasteiger partial charge in [0.25, 0.3) is 0 Å². The number of carbonyl (C=O) groups excluding carboxylic acids is 1. The number of aryl methyl sites for hydroxylation is 2. The number of ether oxygens (including phenoxy) is 1. The summed E-state index contributed by atoms with van der Waals surface area (Å²) in [4.78, 5) is 12.2. The van der Waals surface area contributed by atoms with Gasteiger partial charge in [-0.15, -0.1) is 0 Å². The summed E-state index contributed by atoms with van der Waals surface area (Å²) in [6.45, 7) is 13.9. The van der Waals surface area contributed by atoms with Gasteiger partial charge in [-0.25, -0.2) is 0 Å². The molecule has 0 spiro atoms. The van der Waals surface area contributed by atoms with Crippen molar-refractivity contribution in [1.29, 1.82) is 0 Å². The van der Waals surface area contributed by atoms with Gasteiger partial charge in [-0.3, -0.25) is 9.48 Å². The molecule has 1 heterocycles. The van der Waals surface area contributed by atoms with Crippen molar-refractivity contribution < 1.29 is 9.53 Å². The Morgan fingerprint density at radius 3 is 2.48 bits per heavy atom. The van der Waals surface area contributed by atoms with Crippen LogP contribution in [-0.4, -0.2) is 34.4 Å². The van der Waals surface area contributed by atoms with E-state index in [1.807, 2.05) is 25.5 Å². The highest BCUT2D eigenvalue weighted by atomic mass is 16.5. The zero-order chi connectivity index (χ0) is 16.0. The number of esters is 1. The van der Waals surface area contributed by atoms with Crippen LogP contribution >= 0.6 is 0 Å². The smallest absolute Gasteiger partial charge is 0.326 e. The Morgan fingerprint density at radius 1 is 1.33 bits per heavy atom. The minimum atomic E-state index is -0.660. The fraction of sp³-hybridized carbons (Fsp3) is 0.750. The van der Waals surface area contributed by atoms with Gasteiger partial charge in [-0.05, 0) is 59.6 Å². The molecule has 1 aromatic rings. The van der Waals surface area contributed by atoms with Gasteiger partial charge >= 0.3 is 5.97 Å². The third-order valence-electron chi connectivity index (χ3n) is 4.06. The van der Waals surface area contributed by atoms with E-state index in [-0.39, 0.29) is 5.97 Å². The van der Waals surface area contributed by atoms with Crippen LogP contribution in [0.3, 0.4) is 0 Å². The first-order chi connectivity index (χ1) is 9.85. The van der Waals surface area contributed by atoms with E-state index in [0.29, 0.717) is 19.6 Å². The quantitative estimate of drug-likeness (QED) is 0.749. The summed E-state index contributed by atoms with van der Waals surface area (Å²) in [5, 5.41) is 7.86. The second kappa shape index (κ2) is 7.59. The topological polar surface area (TPSA) is 56.2 Å². The predicted molar refractivity (Wildman–Crippen MR) is 84.4 cm³/mol. The van der Waals surface area contributed by atoms with E-state index in [9.17, 15) is 4.79 Å². The zero-order valence-electron chi connectivity index (χ0n) is 14.2. The molecule has 1 aromatic heterocycles. The second-order valence-electron chi connectivity index (χ2n) is 5.75. The Labute approximate surface area is 128 Å². The van der Waals surface area contributed by atoms with E-state index in [2.05, 4.69) is 31.2 Å². The summed E-state index contributed by atoms with van der Waals surface area (Å²) >= 11 is 0. The molecule has 1 N–H and O–H groups in total. The first-order valence-electron chi connectivity index (χ1n) is 7.78. The molecule has 1 atom stereocenters. The molecule has 0 fully saturated rings. The SMILES string of the molecule is CCCNC(C)(CCn1nc(C)c(C)c1C)C(=O)OCC. The summed E-state index contributed by atoms with van der Waals surface area (Å²) in [6, 6.07) is 0. The van der Waals surface area contributed by atoms with Crippen LogP contribution in [0.1, 0.15) is 50.6 Å². The van der Waals surface area contributed by atoms with Crippen LogP contribution in [0.4, 0.5) is 0 Å². The van der Waals surface area contributed by atoms with Crippen molar-refractivity contribution in [3.8, 4) is 0 Å². The molecule has 1 unspecified atom stereocenters. The molecule has 21 heavy (non-hydrogen) atoms. The van der Waals surface area contributed by atoms with E-state index < -0.39 is 5.54 Å². The largest absolute Gasteiger partial charge is 0.465 e. The van der Waals surface area contributed by atoms with Crippen molar-refractivity contribution >= 4 is 5.97 Å². The van der Waals surface area contributed by atoms with Gasteiger partial charge in [0.2, 0.25) is 0 Å². The molecule has 0 bridgehead atoms. The second-order valence-corrected chi connectivity index (χ2v) is 5.75. The maximum absolute atomic E-state index is 12.2. The van der Waals surface area contributed by atoms with Crippen LogP contribution in [0.25, 0.3) is 0 Å². The monoisotopic (exact) mass is 295 g/mol. The normalized spacial score (nSPS) is 14.0. The van der Waals surface area contributed by atoms with Crippen LogP contribution in [0, 0.1) is 20.8 Å². The minimum Gasteiger partial charge on any atom is -0.465 e. The highest BCUT2D eigenvalue weighted by Crippen LogP contribution is 2.17. The first-order valence-corrected chi connectivity index (χ1v) is 7.78. The Balaban J connectivity index is 2.81. The van der Waals surface area contributed by atoms with Gasteiger partial charge in [0.05, 0.1) is 12.3 Å². The average molecular weight is 295 g/mol.